The van der Waals surface area contributed by atoms with E-state index < -0.39 is 11.6 Å². The topological polar surface area (TPSA) is 62.3 Å². The van der Waals surface area contributed by atoms with Gasteiger partial charge in [0.1, 0.15) is 0 Å². The molecule has 0 saturated carbocycles. The number of esters is 1. The van der Waals surface area contributed by atoms with E-state index in [-0.39, 0.29) is 6.61 Å². The molecule has 1 aromatic carbocycles. The number of aromatic nitrogens is 1. The van der Waals surface area contributed by atoms with Crippen LogP contribution < -0.4 is 0 Å². The summed E-state index contributed by atoms with van der Waals surface area (Å²) in [4.78, 5) is 15.4. The van der Waals surface area contributed by atoms with Crippen molar-refractivity contribution in [3.8, 4) is 0 Å². The third kappa shape index (κ3) is 2.47. The molecule has 2 N–H and O–H groups in total. The first kappa shape index (κ1) is 14.3. The number of hydrogen-bond acceptors (Lipinski definition) is 3. The third-order valence-corrected chi connectivity index (χ3v) is 3.28. The molecular formula is C16H19NO3. The van der Waals surface area contributed by atoms with Crippen molar-refractivity contribution in [1.82, 2.24) is 4.98 Å². The molecule has 1 atom stereocenters. The van der Waals surface area contributed by atoms with Gasteiger partial charge in [-0.15, -0.1) is 0 Å². The summed E-state index contributed by atoms with van der Waals surface area (Å²) in [5.41, 5.74) is 0.0747. The zero-order chi connectivity index (χ0) is 14.6. The number of carbonyl (C=O) groups excluding carboxylic acids is 1. The number of hydrogen-bond donors (Lipinski definition) is 2. The molecule has 0 aliphatic heterocycles. The Kier molecular flexibility index (Phi) is 4.25. The Hall–Kier alpha value is -2.07. The van der Waals surface area contributed by atoms with Crippen LogP contribution in [0.25, 0.3) is 0 Å². The lowest BCUT2D eigenvalue weighted by Gasteiger charge is -2.25. The minimum absolute atomic E-state index is 0.218. The molecule has 2 aromatic rings. The number of H-pyrrole nitrogens is 1. The van der Waals surface area contributed by atoms with Crippen molar-refractivity contribution in [1.29, 1.82) is 0 Å². The average Bonchev–Trinajstić information content (AvgIpc) is 2.97. The maximum atomic E-state index is 12.3. The van der Waals surface area contributed by atoms with E-state index >= 15 is 0 Å². The highest BCUT2D eigenvalue weighted by Crippen LogP contribution is 2.30. The summed E-state index contributed by atoms with van der Waals surface area (Å²) >= 11 is 0. The Labute approximate surface area is 118 Å². The van der Waals surface area contributed by atoms with Gasteiger partial charge in [0.15, 0.2) is 0 Å². The number of ether oxygens (including phenoxy) is 1. The van der Waals surface area contributed by atoms with Crippen LogP contribution in [-0.2, 0) is 21.6 Å². The molecule has 106 valence electrons. The normalized spacial score (nSPS) is 13.8. The standard InChI is InChI=1S/C16H19NO3/c1-3-13-10-11-14(17-13)16(19,15(18)20-4-2)12-8-6-5-7-9-12/h5-11,17,19H,3-4H2,1-2H3/t16-/m1/s1. The Morgan fingerprint density at radius 3 is 2.45 bits per heavy atom. The smallest absolute Gasteiger partial charge is 0.349 e. The number of carbonyl (C=O) groups is 1. The molecule has 20 heavy (non-hydrogen) atoms. The van der Waals surface area contributed by atoms with E-state index in [0.29, 0.717) is 11.3 Å². The van der Waals surface area contributed by atoms with Crippen molar-refractivity contribution < 1.29 is 14.6 Å². The highest BCUT2D eigenvalue weighted by Gasteiger charge is 2.42. The molecule has 0 bridgehead atoms. The Morgan fingerprint density at radius 2 is 1.90 bits per heavy atom. The van der Waals surface area contributed by atoms with Crippen LogP contribution in [0.15, 0.2) is 42.5 Å². The zero-order valence-corrected chi connectivity index (χ0v) is 11.7. The van der Waals surface area contributed by atoms with Gasteiger partial charge < -0.3 is 14.8 Å². The van der Waals surface area contributed by atoms with Crippen LogP contribution in [0.2, 0.25) is 0 Å². The molecule has 1 aromatic heterocycles. The van der Waals surface area contributed by atoms with Crippen LogP contribution >= 0.6 is 0 Å². The van der Waals surface area contributed by atoms with E-state index in [1.807, 2.05) is 19.1 Å². The highest BCUT2D eigenvalue weighted by molar-refractivity contribution is 5.84. The maximum absolute atomic E-state index is 12.3. The molecule has 0 radical (unpaired) electrons. The first-order valence-electron chi connectivity index (χ1n) is 6.76. The zero-order valence-electron chi connectivity index (χ0n) is 11.7. The van der Waals surface area contributed by atoms with Crippen molar-refractivity contribution in [3.63, 3.8) is 0 Å². The van der Waals surface area contributed by atoms with Gasteiger partial charge in [0.2, 0.25) is 5.60 Å². The van der Waals surface area contributed by atoms with E-state index in [1.165, 1.54) is 0 Å². The van der Waals surface area contributed by atoms with Gasteiger partial charge >= 0.3 is 5.97 Å². The molecule has 0 aliphatic carbocycles. The van der Waals surface area contributed by atoms with Gasteiger partial charge in [-0.2, -0.15) is 0 Å². The van der Waals surface area contributed by atoms with Crippen LogP contribution in [0.5, 0.6) is 0 Å². The van der Waals surface area contributed by atoms with Crippen LogP contribution in [0.3, 0.4) is 0 Å². The fourth-order valence-corrected chi connectivity index (χ4v) is 2.16. The summed E-state index contributed by atoms with van der Waals surface area (Å²) in [5, 5.41) is 11.0. The summed E-state index contributed by atoms with van der Waals surface area (Å²) in [6.07, 6.45) is 0.799. The van der Waals surface area contributed by atoms with Gasteiger partial charge in [-0.3, -0.25) is 0 Å². The molecule has 0 fully saturated rings. The van der Waals surface area contributed by atoms with Crippen molar-refractivity contribution in [2.75, 3.05) is 6.61 Å². The van der Waals surface area contributed by atoms with Crippen LogP contribution in [-0.4, -0.2) is 22.7 Å². The molecular weight excluding hydrogens is 254 g/mol. The quantitative estimate of drug-likeness (QED) is 0.822. The summed E-state index contributed by atoms with van der Waals surface area (Å²) in [7, 11) is 0. The van der Waals surface area contributed by atoms with Crippen LogP contribution in [0.4, 0.5) is 0 Å². The first-order chi connectivity index (χ1) is 9.62. The predicted octanol–water partition coefficient (Wildman–Crippen LogP) is 2.38. The van der Waals surface area contributed by atoms with Gasteiger partial charge in [-0.05, 0) is 25.5 Å². The van der Waals surface area contributed by atoms with E-state index in [9.17, 15) is 9.90 Å². The van der Waals surface area contributed by atoms with Crippen molar-refractivity contribution in [3.05, 3.63) is 59.4 Å². The second-order valence-electron chi connectivity index (χ2n) is 4.55. The number of aromatic amines is 1. The van der Waals surface area contributed by atoms with Gasteiger partial charge in [0, 0.05) is 11.3 Å². The van der Waals surface area contributed by atoms with Gasteiger partial charge in [-0.1, -0.05) is 37.3 Å². The second kappa shape index (κ2) is 5.92. The van der Waals surface area contributed by atoms with Crippen LogP contribution in [0, 0.1) is 0 Å². The van der Waals surface area contributed by atoms with Gasteiger partial charge in [0.25, 0.3) is 0 Å². The van der Waals surface area contributed by atoms with Crippen molar-refractivity contribution >= 4 is 5.97 Å². The number of aryl methyl sites for hydroxylation is 1. The highest BCUT2D eigenvalue weighted by atomic mass is 16.5. The lowest BCUT2D eigenvalue weighted by molar-refractivity contribution is -0.161. The molecule has 4 nitrogen and oxygen atoms in total. The van der Waals surface area contributed by atoms with Crippen LogP contribution in [0.1, 0.15) is 30.8 Å². The largest absolute Gasteiger partial charge is 0.463 e. The third-order valence-electron chi connectivity index (χ3n) is 3.28. The minimum Gasteiger partial charge on any atom is -0.463 e. The lowest BCUT2D eigenvalue weighted by Crippen LogP contribution is -2.39. The van der Waals surface area contributed by atoms with Crippen molar-refractivity contribution in [2.45, 2.75) is 25.9 Å². The Bertz CT molecular complexity index is 576. The lowest BCUT2D eigenvalue weighted by atomic mass is 9.90. The maximum Gasteiger partial charge on any atom is 0.349 e. The number of benzene rings is 1. The monoisotopic (exact) mass is 273 g/mol. The summed E-state index contributed by atoms with van der Waals surface area (Å²) in [6.45, 7) is 3.94. The fraction of sp³-hybridized carbons (Fsp3) is 0.312. The first-order valence-corrected chi connectivity index (χ1v) is 6.76. The molecule has 0 amide bonds. The number of aliphatic hydroxyl groups is 1. The van der Waals surface area contributed by atoms with Gasteiger partial charge in [0.05, 0.1) is 12.3 Å². The summed E-state index contributed by atoms with van der Waals surface area (Å²) < 4.78 is 5.05. The van der Waals surface area contributed by atoms with E-state index in [4.69, 9.17) is 4.74 Å². The molecule has 1 heterocycles. The van der Waals surface area contributed by atoms with E-state index in [2.05, 4.69) is 4.98 Å². The second-order valence-corrected chi connectivity index (χ2v) is 4.55. The SMILES string of the molecule is CCOC(=O)[C@@](O)(c1ccccc1)c1ccc(CC)[nH]1. The molecule has 0 unspecified atom stereocenters. The summed E-state index contributed by atoms with van der Waals surface area (Å²) in [5.74, 6) is -0.671. The number of nitrogens with one attached hydrogen (secondary N) is 1. The molecule has 0 spiro atoms. The Balaban J connectivity index is 2.51. The molecule has 4 heteroatoms. The molecule has 2 rings (SSSR count). The fourth-order valence-electron chi connectivity index (χ4n) is 2.16. The molecule has 0 aliphatic rings. The summed E-state index contributed by atoms with van der Waals surface area (Å²) in [6, 6.07) is 12.4. The van der Waals surface area contributed by atoms with Gasteiger partial charge in [-0.25, -0.2) is 4.79 Å². The average molecular weight is 273 g/mol. The van der Waals surface area contributed by atoms with E-state index in [1.54, 1.807) is 37.3 Å². The van der Waals surface area contributed by atoms with Crippen molar-refractivity contribution in [2.24, 2.45) is 0 Å². The molecule has 0 saturated heterocycles. The number of rotatable bonds is 5. The minimum atomic E-state index is -1.80. The predicted molar refractivity (Wildman–Crippen MR) is 76.2 cm³/mol. The van der Waals surface area contributed by atoms with E-state index in [0.717, 1.165) is 12.1 Å². The Morgan fingerprint density at radius 1 is 1.20 bits per heavy atom.